The Bertz CT molecular complexity index is 669. The molecule has 0 aromatic heterocycles. The molecular formula is C12H14F8O7S. The van der Waals surface area contributed by atoms with Crippen molar-refractivity contribution in [1.29, 1.82) is 0 Å². The van der Waals surface area contributed by atoms with E-state index in [2.05, 4.69) is 16.1 Å². The Morgan fingerprint density at radius 3 is 1.86 bits per heavy atom. The molecule has 0 aliphatic heterocycles. The van der Waals surface area contributed by atoms with Gasteiger partial charge in [0, 0.05) is 6.42 Å². The molecule has 0 aromatic carbocycles. The predicted molar refractivity (Wildman–Crippen MR) is 73.7 cm³/mol. The largest absolute Gasteiger partial charge is 0.459 e. The van der Waals surface area contributed by atoms with Gasteiger partial charge < -0.3 is 14.6 Å². The van der Waals surface area contributed by atoms with Crippen molar-refractivity contribution in [1.82, 2.24) is 0 Å². The summed E-state index contributed by atoms with van der Waals surface area (Å²) in [5.74, 6) is -1.66. The highest BCUT2D eigenvalue weighted by atomic mass is 32.2. The van der Waals surface area contributed by atoms with Gasteiger partial charge in [0.05, 0.1) is 12.2 Å². The van der Waals surface area contributed by atoms with Gasteiger partial charge in [0.25, 0.3) is 5.60 Å². The van der Waals surface area contributed by atoms with Gasteiger partial charge in [-0.05, 0) is 6.92 Å². The van der Waals surface area contributed by atoms with Gasteiger partial charge in [-0.15, -0.1) is 0 Å². The van der Waals surface area contributed by atoms with E-state index in [1.54, 1.807) is 0 Å². The van der Waals surface area contributed by atoms with Crippen LogP contribution < -0.4 is 0 Å². The summed E-state index contributed by atoms with van der Waals surface area (Å²) in [6, 6.07) is 0. The van der Waals surface area contributed by atoms with Gasteiger partial charge in [-0.2, -0.15) is 43.5 Å². The van der Waals surface area contributed by atoms with E-state index in [1.807, 2.05) is 0 Å². The summed E-state index contributed by atoms with van der Waals surface area (Å²) in [7, 11) is -5.83. The fraction of sp³-hybridized carbons (Fsp3) is 0.750. The minimum atomic E-state index is -6.15. The van der Waals surface area contributed by atoms with E-state index < -0.39 is 70.6 Å². The highest BCUT2D eigenvalue weighted by Crippen LogP contribution is 2.46. The lowest BCUT2D eigenvalue weighted by Crippen LogP contribution is -2.58. The maximum absolute atomic E-state index is 12.9. The number of esters is 1. The zero-order chi connectivity index (χ0) is 22.8. The monoisotopic (exact) mass is 454 g/mol. The van der Waals surface area contributed by atoms with Crippen molar-refractivity contribution in [2.45, 2.75) is 42.7 Å². The molecule has 2 N–H and O–H groups in total. The zero-order valence-electron chi connectivity index (χ0n) is 13.8. The molecule has 0 fully saturated rings. The highest BCUT2D eigenvalue weighted by Gasteiger charge is 2.70. The Labute approximate surface area is 152 Å². The van der Waals surface area contributed by atoms with Crippen LogP contribution in [0.25, 0.3) is 0 Å². The molecule has 0 amide bonds. The van der Waals surface area contributed by atoms with Crippen molar-refractivity contribution >= 4 is 16.1 Å². The Kier molecular flexibility index (Phi) is 8.00. The van der Waals surface area contributed by atoms with Crippen LogP contribution >= 0.6 is 0 Å². The maximum Gasteiger partial charge on any atom is 0.426 e. The van der Waals surface area contributed by atoms with E-state index in [1.165, 1.54) is 0 Å². The van der Waals surface area contributed by atoms with E-state index in [0.717, 1.165) is 0 Å². The second-order valence-corrected chi connectivity index (χ2v) is 7.03. The third kappa shape index (κ3) is 6.52. The number of ether oxygens (including phenoxy) is 2. The fourth-order valence-corrected chi connectivity index (χ4v) is 1.77. The van der Waals surface area contributed by atoms with Crippen LogP contribution in [0.5, 0.6) is 0 Å². The Morgan fingerprint density at radius 1 is 1.07 bits per heavy atom. The smallest absolute Gasteiger partial charge is 0.426 e. The number of hydrogen-bond donors (Lipinski definition) is 2. The topological polar surface area (TPSA) is 110 Å². The lowest BCUT2D eigenvalue weighted by molar-refractivity contribution is -0.373. The molecule has 0 bridgehead atoms. The van der Waals surface area contributed by atoms with Gasteiger partial charge in [0.2, 0.25) is 0 Å². The van der Waals surface area contributed by atoms with Crippen molar-refractivity contribution in [3.63, 3.8) is 0 Å². The molecular weight excluding hydrogens is 440 g/mol. The van der Waals surface area contributed by atoms with Crippen LogP contribution in [0, 0.1) is 0 Å². The molecule has 0 radical (unpaired) electrons. The number of hydrogen-bond acceptors (Lipinski definition) is 6. The lowest BCUT2D eigenvalue weighted by Gasteiger charge is -2.34. The van der Waals surface area contributed by atoms with Gasteiger partial charge in [-0.25, -0.2) is 4.79 Å². The third-order valence-electron chi connectivity index (χ3n) is 3.04. The van der Waals surface area contributed by atoms with E-state index in [0.29, 0.717) is 6.92 Å². The number of rotatable bonds is 9. The minimum absolute atomic E-state index is 0.584. The normalized spacial score (nSPS) is 15.2. The summed E-state index contributed by atoms with van der Waals surface area (Å²) in [4.78, 5) is 11.5. The average Bonchev–Trinajstić information content (AvgIpc) is 2.42. The summed E-state index contributed by atoms with van der Waals surface area (Å²) in [5.41, 5.74) is -6.06. The summed E-state index contributed by atoms with van der Waals surface area (Å²) < 4.78 is 138. The number of alkyl halides is 8. The van der Waals surface area contributed by atoms with Crippen molar-refractivity contribution in [2.24, 2.45) is 0 Å². The lowest BCUT2D eigenvalue weighted by atomic mass is 9.95. The molecule has 0 aliphatic carbocycles. The molecule has 28 heavy (non-hydrogen) atoms. The first-order valence-electron chi connectivity index (χ1n) is 6.83. The average molecular weight is 454 g/mol. The quantitative estimate of drug-likeness (QED) is 0.238. The van der Waals surface area contributed by atoms with E-state index >= 15 is 0 Å². The predicted octanol–water partition coefficient (Wildman–Crippen LogP) is 2.22. The van der Waals surface area contributed by atoms with Crippen molar-refractivity contribution < 1.29 is 67.5 Å². The summed E-state index contributed by atoms with van der Waals surface area (Å²) in [6.45, 7) is 0.416. The molecule has 7 nitrogen and oxygen atoms in total. The van der Waals surface area contributed by atoms with Crippen molar-refractivity contribution in [3.05, 3.63) is 12.2 Å². The molecule has 0 aromatic rings. The molecule has 0 saturated carbocycles. The first-order valence-corrected chi connectivity index (χ1v) is 8.27. The first kappa shape index (κ1) is 26.5. The van der Waals surface area contributed by atoms with Crippen LogP contribution in [0.4, 0.5) is 35.1 Å². The molecule has 166 valence electrons. The van der Waals surface area contributed by atoms with Crippen molar-refractivity contribution in [2.75, 3.05) is 13.2 Å². The van der Waals surface area contributed by atoms with Gasteiger partial charge >= 0.3 is 33.7 Å². The van der Waals surface area contributed by atoms with Gasteiger partial charge in [0.15, 0.2) is 0 Å². The summed E-state index contributed by atoms with van der Waals surface area (Å²) in [5, 5.41) is 4.21. The molecule has 16 heteroatoms. The summed E-state index contributed by atoms with van der Waals surface area (Å²) in [6.07, 6.45) is -16.6. The molecule has 0 heterocycles. The Hall–Kier alpha value is -1.52. The standard InChI is InChI=1S/C12H14F8O7S/c1-6(4-26-5-10(13,14)28(23,24)25)8(21)27-7(2)3-9(22,11(15,16)17)12(18,19)20/h7,22H,1,3-5H2,2H3,(H,23,24,25). The van der Waals surface area contributed by atoms with Gasteiger partial charge in [0.1, 0.15) is 12.7 Å². The molecule has 0 spiro atoms. The fourth-order valence-electron chi connectivity index (χ4n) is 1.54. The number of aliphatic hydroxyl groups is 1. The van der Waals surface area contributed by atoms with E-state index in [9.17, 15) is 48.3 Å². The first-order chi connectivity index (χ1) is 12.2. The number of carbonyl (C=O) groups is 1. The van der Waals surface area contributed by atoms with Gasteiger partial charge in [-0.3, -0.25) is 4.55 Å². The Balaban J connectivity index is 4.88. The van der Waals surface area contributed by atoms with Gasteiger partial charge in [-0.1, -0.05) is 6.58 Å². The second-order valence-electron chi connectivity index (χ2n) is 5.48. The molecule has 0 aliphatic rings. The maximum atomic E-state index is 12.9. The van der Waals surface area contributed by atoms with Crippen LogP contribution in [0.1, 0.15) is 13.3 Å². The second kappa shape index (κ2) is 8.46. The number of halogens is 8. The van der Waals surface area contributed by atoms with E-state index in [-0.39, 0.29) is 0 Å². The van der Waals surface area contributed by atoms with Crippen LogP contribution in [0.3, 0.4) is 0 Å². The molecule has 1 unspecified atom stereocenters. The number of carbonyl (C=O) groups excluding carboxylic acids is 1. The summed E-state index contributed by atoms with van der Waals surface area (Å²) >= 11 is 0. The van der Waals surface area contributed by atoms with Crippen LogP contribution in [-0.4, -0.2) is 66.6 Å². The van der Waals surface area contributed by atoms with E-state index in [4.69, 9.17) is 9.66 Å². The highest BCUT2D eigenvalue weighted by molar-refractivity contribution is 7.86. The minimum Gasteiger partial charge on any atom is -0.459 e. The zero-order valence-corrected chi connectivity index (χ0v) is 14.6. The Morgan fingerprint density at radius 2 is 1.50 bits per heavy atom. The molecule has 0 saturated heterocycles. The van der Waals surface area contributed by atoms with Crippen LogP contribution in [-0.2, 0) is 24.4 Å². The molecule has 1 atom stereocenters. The van der Waals surface area contributed by atoms with Crippen molar-refractivity contribution in [3.8, 4) is 0 Å². The molecule has 0 rings (SSSR count). The third-order valence-corrected chi connectivity index (χ3v) is 3.91. The van der Waals surface area contributed by atoms with Crippen LogP contribution in [0.2, 0.25) is 0 Å². The SMILES string of the molecule is C=C(COCC(F)(F)S(=O)(=O)O)C(=O)OC(C)CC(O)(C(F)(F)F)C(F)(F)F. The van der Waals surface area contributed by atoms with Crippen LogP contribution in [0.15, 0.2) is 12.2 Å².